The zero-order chi connectivity index (χ0) is 13.1. The second kappa shape index (κ2) is 5.43. The highest BCUT2D eigenvalue weighted by Crippen LogP contribution is 2.27. The van der Waals surface area contributed by atoms with Crippen LogP contribution in [0.1, 0.15) is 18.4 Å². The molecule has 0 amide bonds. The highest BCUT2D eigenvalue weighted by Gasteiger charge is 2.24. The highest BCUT2D eigenvalue weighted by atomic mass is 19.1. The summed E-state index contributed by atoms with van der Waals surface area (Å²) in [5, 5.41) is 0. The Labute approximate surface area is 113 Å². The van der Waals surface area contributed by atoms with Crippen molar-refractivity contribution >= 4 is 5.69 Å². The van der Waals surface area contributed by atoms with Gasteiger partial charge in [0.1, 0.15) is 5.82 Å². The Bertz CT molecular complexity index is 521. The largest absolute Gasteiger partial charge is 0.368 e. The van der Waals surface area contributed by atoms with Crippen LogP contribution in [0.4, 0.5) is 10.1 Å². The van der Waals surface area contributed by atoms with Gasteiger partial charge in [-0.3, -0.25) is 0 Å². The Morgan fingerprint density at radius 1 is 1.00 bits per heavy atom. The third kappa shape index (κ3) is 2.78. The minimum absolute atomic E-state index is 0.164. The van der Waals surface area contributed by atoms with E-state index in [-0.39, 0.29) is 5.82 Å². The van der Waals surface area contributed by atoms with Gasteiger partial charge in [-0.15, -0.1) is 0 Å². The average Bonchev–Trinajstić information content (AvgIpc) is 2.89. The predicted molar refractivity (Wildman–Crippen MR) is 76.9 cm³/mol. The van der Waals surface area contributed by atoms with Crippen LogP contribution in [0.3, 0.4) is 0 Å². The van der Waals surface area contributed by atoms with Crippen molar-refractivity contribution in [2.75, 3.05) is 11.4 Å². The molecule has 1 atom stereocenters. The summed E-state index contributed by atoms with van der Waals surface area (Å²) in [6, 6.07) is 18.0. The van der Waals surface area contributed by atoms with Gasteiger partial charge < -0.3 is 4.90 Å². The van der Waals surface area contributed by atoms with E-state index in [1.54, 1.807) is 12.1 Å². The van der Waals surface area contributed by atoms with Crippen LogP contribution in [0.15, 0.2) is 54.6 Å². The molecule has 3 rings (SSSR count). The van der Waals surface area contributed by atoms with E-state index < -0.39 is 0 Å². The van der Waals surface area contributed by atoms with Crippen molar-refractivity contribution in [3.8, 4) is 0 Å². The first-order valence-electron chi connectivity index (χ1n) is 6.89. The van der Waals surface area contributed by atoms with Gasteiger partial charge in [-0.1, -0.05) is 30.3 Å². The Morgan fingerprint density at radius 3 is 2.47 bits per heavy atom. The molecule has 0 radical (unpaired) electrons. The first-order valence-corrected chi connectivity index (χ1v) is 6.89. The molecule has 0 aromatic heterocycles. The summed E-state index contributed by atoms with van der Waals surface area (Å²) in [6.45, 7) is 1.07. The summed E-state index contributed by atoms with van der Waals surface area (Å²) in [5.74, 6) is -0.164. The van der Waals surface area contributed by atoms with Crippen molar-refractivity contribution in [2.24, 2.45) is 0 Å². The molecule has 1 saturated heterocycles. The SMILES string of the molecule is Fc1ccc(N2CCCC2Cc2ccccc2)cc1. The molecule has 1 aliphatic heterocycles. The van der Waals surface area contributed by atoms with Crippen LogP contribution in [0.5, 0.6) is 0 Å². The van der Waals surface area contributed by atoms with Crippen molar-refractivity contribution in [3.63, 3.8) is 0 Å². The first-order chi connectivity index (χ1) is 9.33. The molecule has 0 N–H and O–H groups in total. The van der Waals surface area contributed by atoms with Gasteiger partial charge in [0.2, 0.25) is 0 Å². The van der Waals surface area contributed by atoms with Crippen molar-refractivity contribution in [1.29, 1.82) is 0 Å². The molecule has 2 aromatic carbocycles. The van der Waals surface area contributed by atoms with E-state index in [2.05, 4.69) is 35.2 Å². The van der Waals surface area contributed by atoms with Crippen molar-refractivity contribution < 1.29 is 4.39 Å². The second-order valence-electron chi connectivity index (χ2n) is 5.16. The summed E-state index contributed by atoms with van der Waals surface area (Å²) in [7, 11) is 0. The second-order valence-corrected chi connectivity index (χ2v) is 5.16. The van der Waals surface area contributed by atoms with Gasteiger partial charge in [0.25, 0.3) is 0 Å². The Morgan fingerprint density at radius 2 is 1.74 bits per heavy atom. The molecule has 1 fully saturated rings. The quantitative estimate of drug-likeness (QED) is 0.800. The lowest BCUT2D eigenvalue weighted by atomic mass is 10.0. The fraction of sp³-hybridized carbons (Fsp3) is 0.294. The number of benzene rings is 2. The smallest absolute Gasteiger partial charge is 0.123 e. The van der Waals surface area contributed by atoms with Crippen LogP contribution < -0.4 is 4.90 Å². The molecule has 0 saturated carbocycles. The van der Waals surface area contributed by atoms with Crippen molar-refractivity contribution in [3.05, 3.63) is 66.0 Å². The molecule has 2 aromatic rings. The fourth-order valence-corrected chi connectivity index (χ4v) is 2.91. The van der Waals surface area contributed by atoms with E-state index in [0.29, 0.717) is 6.04 Å². The number of anilines is 1. The average molecular weight is 255 g/mol. The number of halogens is 1. The van der Waals surface area contributed by atoms with Crippen LogP contribution in [-0.4, -0.2) is 12.6 Å². The van der Waals surface area contributed by atoms with Crippen LogP contribution in [0, 0.1) is 5.82 Å². The summed E-state index contributed by atoms with van der Waals surface area (Å²) >= 11 is 0. The van der Waals surface area contributed by atoms with Crippen LogP contribution in [0.2, 0.25) is 0 Å². The minimum atomic E-state index is -0.164. The molecular weight excluding hydrogens is 237 g/mol. The molecular formula is C17H18FN. The van der Waals surface area contributed by atoms with Crippen LogP contribution in [0.25, 0.3) is 0 Å². The summed E-state index contributed by atoms with van der Waals surface area (Å²) in [6.07, 6.45) is 3.50. The van der Waals surface area contributed by atoms with Gasteiger partial charge >= 0.3 is 0 Å². The van der Waals surface area contributed by atoms with E-state index in [1.807, 2.05) is 12.1 Å². The Kier molecular flexibility index (Phi) is 3.49. The highest BCUT2D eigenvalue weighted by molar-refractivity contribution is 5.48. The lowest BCUT2D eigenvalue weighted by molar-refractivity contribution is 0.625. The van der Waals surface area contributed by atoms with E-state index in [4.69, 9.17) is 0 Å². The summed E-state index contributed by atoms with van der Waals surface area (Å²) in [4.78, 5) is 2.41. The van der Waals surface area contributed by atoms with Crippen molar-refractivity contribution in [2.45, 2.75) is 25.3 Å². The molecule has 19 heavy (non-hydrogen) atoms. The van der Waals surface area contributed by atoms with E-state index in [0.717, 1.165) is 18.7 Å². The molecule has 0 aliphatic carbocycles. The maximum atomic E-state index is 13.0. The van der Waals surface area contributed by atoms with Gasteiger partial charge in [-0.05, 0) is 49.1 Å². The molecule has 98 valence electrons. The lowest BCUT2D eigenvalue weighted by Gasteiger charge is -2.27. The minimum Gasteiger partial charge on any atom is -0.368 e. The van der Waals surface area contributed by atoms with E-state index in [9.17, 15) is 4.39 Å². The lowest BCUT2D eigenvalue weighted by Crippen LogP contribution is -2.30. The van der Waals surface area contributed by atoms with Crippen molar-refractivity contribution in [1.82, 2.24) is 0 Å². The number of nitrogens with zero attached hydrogens (tertiary/aromatic N) is 1. The molecule has 2 heteroatoms. The Balaban J connectivity index is 1.76. The predicted octanol–water partition coefficient (Wildman–Crippen LogP) is 4.04. The number of hydrogen-bond acceptors (Lipinski definition) is 1. The van der Waals surface area contributed by atoms with Gasteiger partial charge in [0, 0.05) is 18.3 Å². The standard InChI is InChI=1S/C17H18FN/c18-15-8-10-16(11-9-15)19-12-4-7-17(19)13-14-5-2-1-3-6-14/h1-3,5-6,8-11,17H,4,7,12-13H2. The normalized spacial score (nSPS) is 18.8. The third-order valence-corrected chi connectivity index (χ3v) is 3.85. The topological polar surface area (TPSA) is 3.24 Å². The molecule has 1 heterocycles. The molecule has 0 spiro atoms. The van der Waals surface area contributed by atoms with Gasteiger partial charge in [0.05, 0.1) is 0 Å². The third-order valence-electron chi connectivity index (χ3n) is 3.85. The maximum absolute atomic E-state index is 13.0. The molecule has 0 bridgehead atoms. The van der Waals surface area contributed by atoms with E-state index >= 15 is 0 Å². The summed E-state index contributed by atoms with van der Waals surface area (Å²) < 4.78 is 13.0. The fourth-order valence-electron chi connectivity index (χ4n) is 2.91. The number of rotatable bonds is 3. The molecule has 1 aliphatic rings. The zero-order valence-corrected chi connectivity index (χ0v) is 10.9. The monoisotopic (exact) mass is 255 g/mol. The Hall–Kier alpha value is -1.83. The van der Waals surface area contributed by atoms with Gasteiger partial charge in [0.15, 0.2) is 0 Å². The molecule has 1 nitrogen and oxygen atoms in total. The summed E-state index contributed by atoms with van der Waals surface area (Å²) in [5.41, 5.74) is 2.52. The zero-order valence-electron chi connectivity index (χ0n) is 10.9. The maximum Gasteiger partial charge on any atom is 0.123 e. The van der Waals surface area contributed by atoms with Gasteiger partial charge in [-0.2, -0.15) is 0 Å². The number of hydrogen-bond donors (Lipinski definition) is 0. The first kappa shape index (κ1) is 12.2. The van der Waals surface area contributed by atoms with Crippen LogP contribution >= 0.6 is 0 Å². The van der Waals surface area contributed by atoms with Gasteiger partial charge in [-0.25, -0.2) is 4.39 Å². The van der Waals surface area contributed by atoms with Crippen LogP contribution in [-0.2, 0) is 6.42 Å². The van der Waals surface area contributed by atoms with E-state index in [1.165, 1.54) is 18.4 Å². The molecule has 1 unspecified atom stereocenters.